The zero-order valence-electron chi connectivity index (χ0n) is 10.2. The summed E-state index contributed by atoms with van der Waals surface area (Å²) in [5.74, 6) is 0.789. The highest BCUT2D eigenvalue weighted by molar-refractivity contribution is 5.63. The summed E-state index contributed by atoms with van der Waals surface area (Å²) in [5, 5.41) is 4.29. The maximum Gasteiger partial charge on any atom is 0.139 e. The number of hydrogen-bond acceptors (Lipinski definition) is 3. The van der Waals surface area contributed by atoms with Crippen molar-refractivity contribution in [3.05, 3.63) is 36.7 Å². The van der Waals surface area contributed by atoms with E-state index in [4.69, 9.17) is 10.5 Å². The lowest BCUT2D eigenvalue weighted by Crippen LogP contribution is -2.04. The zero-order valence-corrected chi connectivity index (χ0v) is 10.2. The van der Waals surface area contributed by atoms with Gasteiger partial charge in [-0.2, -0.15) is 5.10 Å². The summed E-state index contributed by atoms with van der Waals surface area (Å²) in [6, 6.07) is 7.80. The van der Waals surface area contributed by atoms with Crippen LogP contribution in [0.4, 0.5) is 5.69 Å². The number of nitrogens with zero attached hydrogens (tertiary/aromatic N) is 2. The van der Waals surface area contributed by atoms with E-state index in [9.17, 15) is 0 Å². The topological polar surface area (TPSA) is 53.1 Å². The highest BCUT2D eigenvalue weighted by atomic mass is 16.5. The number of rotatable bonds is 5. The molecule has 3 rings (SSSR count). The average Bonchev–Trinajstić information content (AvgIpc) is 3.08. The molecule has 1 aromatic heterocycles. The maximum atomic E-state index is 5.67. The van der Waals surface area contributed by atoms with Crippen molar-refractivity contribution in [2.24, 2.45) is 5.92 Å². The molecule has 18 heavy (non-hydrogen) atoms. The van der Waals surface area contributed by atoms with Gasteiger partial charge in [-0.05, 0) is 36.5 Å². The molecule has 1 aromatic carbocycles. The number of aromatic nitrogens is 2. The Hall–Kier alpha value is -1.81. The molecule has 0 spiro atoms. The van der Waals surface area contributed by atoms with E-state index in [-0.39, 0.29) is 0 Å². The molecule has 4 nitrogen and oxygen atoms in total. The number of anilines is 1. The first-order valence-electron chi connectivity index (χ1n) is 6.27. The number of hydrogen-bond donors (Lipinski definition) is 1. The predicted molar refractivity (Wildman–Crippen MR) is 70.8 cm³/mol. The van der Waals surface area contributed by atoms with Crippen molar-refractivity contribution in [3.63, 3.8) is 0 Å². The van der Waals surface area contributed by atoms with E-state index in [0.29, 0.717) is 6.73 Å². The van der Waals surface area contributed by atoms with Crippen LogP contribution in [0.3, 0.4) is 0 Å². The minimum atomic E-state index is 0.533. The Labute approximate surface area is 106 Å². The molecule has 4 heteroatoms. The van der Waals surface area contributed by atoms with Crippen LogP contribution in [-0.2, 0) is 11.5 Å². The lowest BCUT2D eigenvalue weighted by Gasteiger charge is -2.02. The Morgan fingerprint density at radius 1 is 1.22 bits per heavy atom. The van der Waals surface area contributed by atoms with Gasteiger partial charge in [0.25, 0.3) is 0 Å². The van der Waals surface area contributed by atoms with Gasteiger partial charge in [0, 0.05) is 17.4 Å². The van der Waals surface area contributed by atoms with Crippen LogP contribution in [0.25, 0.3) is 11.1 Å². The molecule has 0 saturated heterocycles. The highest BCUT2D eigenvalue weighted by Crippen LogP contribution is 2.28. The molecule has 0 amide bonds. The highest BCUT2D eigenvalue weighted by Gasteiger charge is 2.21. The van der Waals surface area contributed by atoms with Gasteiger partial charge in [-0.1, -0.05) is 12.1 Å². The molecule has 1 aliphatic carbocycles. The molecule has 2 N–H and O–H groups in total. The summed E-state index contributed by atoms with van der Waals surface area (Å²) in [5.41, 5.74) is 8.66. The fourth-order valence-electron chi connectivity index (χ4n) is 1.86. The standard InChI is InChI=1S/C14H17N3O/c15-14-5-3-12(4-6-14)13-7-16-17(8-13)10-18-9-11-1-2-11/h3-8,11H,1-2,9-10,15H2. The molecule has 94 valence electrons. The van der Waals surface area contributed by atoms with Gasteiger partial charge in [0.2, 0.25) is 0 Å². The van der Waals surface area contributed by atoms with Gasteiger partial charge < -0.3 is 10.5 Å². The Morgan fingerprint density at radius 3 is 2.72 bits per heavy atom. The number of nitrogens with two attached hydrogens (primary N) is 1. The average molecular weight is 243 g/mol. The molecule has 1 aliphatic rings. The fraction of sp³-hybridized carbons (Fsp3) is 0.357. The van der Waals surface area contributed by atoms with E-state index >= 15 is 0 Å². The first-order chi connectivity index (χ1) is 8.81. The quantitative estimate of drug-likeness (QED) is 0.821. The van der Waals surface area contributed by atoms with Crippen LogP contribution in [0.2, 0.25) is 0 Å². The van der Waals surface area contributed by atoms with Crippen molar-refractivity contribution < 1.29 is 4.74 Å². The van der Waals surface area contributed by atoms with Gasteiger partial charge in [0.05, 0.1) is 12.8 Å². The molecule has 0 atom stereocenters. The lowest BCUT2D eigenvalue weighted by molar-refractivity contribution is 0.0612. The second kappa shape index (κ2) is 4.82. The minimum Gasteiger partial charge on any atom is -0.399 e. The maximum absolute atomic E-state index is 5.67. The normalized spacial score (nSPS) is 14.9. The first-order valence-corrected chi connectivity index (χ1v) is 6.27. The monoisotopic (exact) mass is 243 g/mol. The van der Waals surface area contributed by atoms with Crippen molar-refractivity contribution in [1.29, 1.82) is 0 Å². The van der Waals surface area contributed by atoms with Gasteiger partial charge >= 0.3 is 0 Å². The van der Waals surface area contributed by atoms with Gasteiger partial charge in [-0.3, -0.25) is 0 Å². The van der Waals surface area contributed by atoms with E-state index < -0.39 is 0 Å². The van der Waals surface area contributed by atoms with Gasteiger partial charge in [-0.15, -0.1) is 0 Å². The molecule has 1 heterocycles. The van der Waals surface area contributed by atoms with Crippen LogP contribution in [0, 0.1) is 5.92 Å². The molecular weight excluding hydrogens is 226 g/mol. The minimum absolute atomic E-state index is 0.533. The Bertz CT molecular complexity index is 514. The fourth-order valence-corrected chi connectivity index (χ4v) is 1.86. The third-order valence-corrected chi connectivity index (χ3v) is 3.15. The van der Waals surface area contributed by atoms with Crippen LogP contribution in [0.1, 0.15) is 12.8 Å². The van der Waals surface area contributed by atoms with E-state index in [1.807, 2.05) is 41.3 Å². The largest absolute Gasteiger partial charge is 0.399 e. The van der Waals surface area contributed by atoms with Crippen LogP contribution in [0.5, 0.6) is 0 Å². The summed E-state index contributed by atoms with van der Waals surface area (Å²) in [6.45, 7) is 1.39. The van der Waals surface area contributed by atoms with Gasteiger partial charge in [-0.25, -0.2) is 4.68 Å². The summed E-state index contributed by atoms with van der Waals surface area (Å²) >= 11 is 0. The van der Waals surface area contributed by atoms with Gasteiger partial charge in [0.1, 0.15) is 6.73 Å². The van der Waals surface area contributed by atoms with Crippen molar-refractivity contribution in [2.75, 3.05) is 12.3 Å². The van der Waals surface area contributed by atoms with Crippen molar-refractivity contribution in [1.82, 2.24) is 9.78 Å². The van der Waals surface area contributed by atoms with Crippen molar-refractivity contribution >= 4 is 5.69 Å². The second-order valence-corrected chi connectivity index (χ2v) is 4.83. The smallest absolute Gasteiger partial charge is 0.139 e. The van der Waals surface area contributed by atoms with E-state index in [1.54, 1.807) is 0 Å². The third-order valence-electron chi connectivity index (χ3n) is 3.15. The van der Waals surface area contributed by atoms with Crippen LogP contribution in [-0.4, -0.2) is 16.4 Å². The van der Waals surface area contributed by atoms with Crippen LogP contribution in [0.15, 0.2) is 36.7 Å². The summed E-state index contributed by atoms with van der Waals surface area (Å²) in [4.78, 5) is 0. The van der Waals surface area contributed by atoms with E-state index in [0.717, 1.165) is 29.3 Å². The van der Waals surface area contributed by atoms with Gasteiger partial charge in [0.15, 0.2) is 0 Å². The van der Waals surface area contributed by atoms with Crippen LogP contribution >= 0.6 is 0 Å². The van der Waals surface area contributed by atoms with Crippen molar-refractivity contribution in [2.45, 2.75) is 19.6 Å². The molecule has 1 fully saturated rings. The first kappa shape index (κ1) is 11.3. The SMILES string of the molecule is Nc1ccc(-c2cnn(COCC3CC3)c2)cc1. The summed E-state index contributed by atoms with van der Waals surface area (Å²) in [6.07, 6.45) is 6.48. The molecule has 0 radical (unpaired) electrons. The van der Waals surface area contributed by atoms with Crippen LogP contribution < -0.4 is 5.73 Å². The zero-order chi connectivity index (χ0) is 12.4. The molecule has 0 aliphatic heterocycles. The summed E-state index contributed by atoms with van der Waals surface area (Å²) in [7, 11) is 0. The Balaban J connectivity index is 1.62. The lowest BCUT2D eigenvalue weighted by atomic mass is 10.1. The summed E-state index contributed by atoms with van der Waals surface area (Å²) < 4.78 is 7.42. The molecule has 1 saturated carbocycles. The van der Waals surface area contributed by atoms with E-state index in [1.165, 1.54) is 12.8 Å². The molecule has 2 aromatic rings. The van der Waals surface area contributed by atoms with Crippen molar-refractivity contribution in [3.8, 4) is 11.1 Å². The number of ether oxygens (including phenoxy) is 1. The molecule has 0 bridgehead atoms. The van der Waals surface area contributed by atoms with E-state index in [2.05, 4.69) is 5.10 Å². The molecular formula is C14H17N3O. The second-order valence-electron chi connectivity index (χ2n) is 4.83. The predicted octanol–water partition coefficient (Wildman–Crippen LogP) is 2.52. The number of benzene rings is 1. The Kier molecular flexibility index (Phi) is 3.02. The Morgan fingerprint density at radius 2 is 2.00 bits per heavy atom. The third kappa shape index (κ3) is 2.71. The molecule has 0 unspecified atom stereocenters. The number of nitrogen functional groups attached to an aromatic ring is 1.